The number of nitrogens with zero attached hydrogens (tertiary/aromatic N) is 3. The maximum absolute atomic E-state index is 12.2. The molecule has 0 spiro atoms. The van der Waals surface area contributed by atoms with Crippen LogP contribution in [0.3, 0.4) is 0 Å². The van der Waals surface area contributed by atoms with Crippen LogP contribution in [0, 0.1) is 0 Å². The van der Waals surface area contributed by atoms with Crippen LogP contribution in [0.1, 0.15) is 30.3 Å². The second kappa shape index (κ2) is 8.98. The van der Waals surface area contributed by atoms with Crippen molar-refractivity contribution in [3.8, 4) is 0 Å². The number of ether oxygens (including phenoxy) is 1. The van der Waals surface area contributed by atoms with E-state index in [0.29, 0.717) is 31.2 Å². The van der Waals surface area contributed by atoms with Crippen molar-refractivity contribution in [3.05, 3.63) is 48.2 Å². The topological polar surface area (TPSA) is 96.5 Å². The lowest BCUT2D eigenvalue weighted by Gasteiger charge is -2.31. The molecule has 1 aliphatic rings. The molecule has 0 unspecified atom stereocenters. The smallest absolute Gasteiger partial charge is 0.409 e. The molecule has 1 aromatic carbocycles. The van der Waals surface area contributed by atoms with Crippen molar-refractivity contribution in [2.45, 2.75) is 25.8 Å². The maximum Gasteiger partial charge on any atom is 0.409 e. The van der Waals surface area contributed by atoms with Gasteiger partial charge >= 0.3 is 6.09 Å². The van der Waals surface area contributed by atoms with Crippen LogP contribution < -0.4 is 10.6 Å². The van der Waals surface area contributed by atoms with Crippen molar-refractivity contribution in [3.63, 3.8) is 0 Å². The van der Waals surface area contributed by atoms with Crippen LogP contribution in [-0.4, -0.2) is 52.8 Å². The van der Waals surface area contributed by atoms with Crippen molar-refractivity contribution in [2.75, 3.05) is 30.3 Å². The molecule has 1 aromatic heterocycles. The van der Waals surface area contributed by atoms with Gasteiger partial charge in [0.05, 0.1) is 6.61 Å². The number of aromatic nitrogens is 2. The lowest BCUT2D eigenvalue weighted by molar-refractivity contribution is 0.0982. The molecular formula is C19H23N5O3. The summed E-state index contributed by atoms with van der Waals surface area (Å²) >= 11 is 0. The first-order valence-corrected chi connectivity index (χ1v) is 9.04. The number of hydrogen-bond donors (Lipinski definition) is 2. The van der Waals surface area contributed by atoms with Gasteiger partial charge in [-0.25, -0.2) is 4.79 Å². The number of anilines is 2. The number of benzene rings is 1. The number of piperidine rings is 1. The third-order valence-electron chi connectivity index (χ3n) is 4.30. The number of carbonyl (C=O) groups excluding carboxylic acids is 2. The second-order valence-corrected chi connectivity index (χ2v) is 6.23. The van der Waals surface area contributed by atoms with Crippen LogP contribution in [0.15, 0.2) is 42.5 Å². The minimum atomic E-state index is -0.303. The van der Waals surface area contributed by atoms with Crippen molar-refractivity contribution in [1.29, 1.82) is 0 Å². The molecule has 2 N–H and O–H groups in total. The van der Waals surface area contributed by atoms with Gasteiger partial charge in [-0.2, -0.15) is 0 Å². The fraction of sp³-hybridized carbons (Fsp3) is 0.368. The molecule has 27 heavy (non-hydrogen) atoms. The number of hydrogen-bond acceptors (Lipinski definition) is 6. The summed E-state index contributed by atoms with van der Waals surface area (Å²) in [5.41, 5.74) is 0.960. The minimum Gasteiger partial charge on any atom is -0.450 e. The average molecular weight is 369 g/mol. The van der Waals surface area contributed by atoms with E-state index < -0.39 is 0 Å². The molecule has 0 radical (unpaired) electrons. The number of nitrogens with one attached hydrogen (secondary N) is 2. The van der Waals surface area contributed by atoms with E-state index in [1.54, 1.807) is 24.0 Å². The van der Waals surface area contributed by atoms with Gasteiger partial charge in [0, 0.05) is 24.8 Å². The number of likely N-dealkylation sites (tertiary alicyclic amines) is 1. The summed E-state index contributed by atoms with van der Waals surface area (Å²) in [6, 6.07) is 12.8. The van der Waals surface area contributed by atoms with E-state index in [-0.39, 0.29) is 23.7 Å². The molecule has 2 heterocycles. The Labute approximate surface area is 157 Å². The van der Waals surface area contributed by atoms with Crippen LogP contribution >= 0.6 is 0 Å². The molecule has 0 saturated carbocycles. The van der Waals surface area contributed by atoms with Crippen LogP contribution in [0.5, 0.6) is 0 Å². The first-order chi connectivity index (χ1) is 13.2. The van der Waals surface area contributed by atoms with Crippen molar-refractivity contribution >= 4 is 23.5 Å². The predicted molar refractivity (Wildman–Crippen MR) is 102 cm³/mol. The zero-order chi connectivity index (χ0) is 19.1. The zero-order valence-corrected chi connectivity index (χ0v) is 15.2. The Balaban J connectivity index is 1.50. The molecule has 1 aliphatic heterocycles. The van der Waals surface area contributed by atoms with E-state index in [1.807, 2.05) is 30.3 Å². The third-order valence-corrected chi connectivity index (χ3v) is 4.30. The summed E-state index contributed by atoms with van der Waals surface area (Å²) < 4.78 is 5.02. The maximum atomic E-state index is 12.2. The first kappa shape index (κ1) is 18.6. The Morgan fingerprint density at radius 3 is 2.48 bits per heavy atom. The van der Waals surface area contributed by atoms with E-state index in [0.717, 1.165) is 12.8 Å². The largest absolute Gasteiger partial charge is 0.450 e. The Hall–Kier alpha value is -3.16. The van der Waals surface area contributed by atoms with E-state index >= 15 is 0 Å². The molecule has 0 bridgehead atoms. The number of para-hydroxylation sites is 1. The van der Waals surface area contributed by atoms with Gasteiger partial charge in [0.1, 0.15) is 5.82 Å². The Bertz CT molecular complexity index is 759. The van der Waals surface area contributed by atoms with E-state index in [9.17, 15) is 9.59 Å². The number of rotatable bonds is 5. The molecule has 2 aromatic rings. The van der Waals surface area contributed by atoms with Crippen LogP contribution in [0.25, 0.3) is 0 Å². The van der Waals surface area contributed by atoms with Gasteiger partial charge in [-0.05, 0) is 44.0 Å². The molecule has 8 nitrogen and oxygen atoms in total. The molecule has 2 amide bonds. The van der Waals surface area contributed by atoms with Crippen LogP contribution in [0.4, 0.5) is 16.3 Å². The number of carbonyl (C=O) groups is 2. The van der Waals surface area contributed by atoms with Gasteiger partial charge < -0.3 is 20.3 Å². The monoisotopic (exact) mass is 369 g/mol. The minimum absolute atomic E-state index is 0.203. The molecule has 1 fully saturated rings. The normalized spacial score (nSPS) is 14.5. The summed E-state index contributed by atoms with van der Waals surface area (Å²) in [7, 11) is 0. The van der Waals surface area contributed by atoms with Crippen molar-refractivity contribution in [1.82, 2.24) is 15.1 Å². The lowest BCUT2D eigenvalue weighted by atomic mass is 10.1. The molecule has 8 heteroatoms. The van der Waals surface area contributed by atoms with Crippen molar-refractivity contribution < 1.29 is 14.3 Å². The predicted octanol–water partition coefficient (Wildman–Crippen LogP) is 2.76. The summed E-state index contributed by atoms with van der Waals surface area (Å²) in [5.74, 6) is 0.309. The van der Waals surface area contributed by atoms with E-state index in [4.69, 9.17) is 4.74 Å². The molecule has 0 aliphatic carbocycles. The van der Waals surface area contributed by atoms with Gasteiger partial charge in [0.2, 0.25) is 0 Å². The Morgan fingerprint density at radius 1 is 1.11 bits per heavy atom. The summed E-state index contributed by atoms with van der Waals surface area (Å²) in [6.07, 6.45) is 1.34. The summed E-state index contributed by atoms with van der Waals surface area (Å²) in [4.78, 5) is 25.6. The Morgan fingerprint density at radius 2 is 1.85 bits per heavy atom. The first-order valence-electron chi connectivity index (χ1n) is 9.04. The number of amides is 2. The second-order valence-electron chi connectivity index (χ2n) is 6.23. The highest BCUT2D eigenvalue weighted by Gasteiger charge is 2.23. The Kier molecular flexibility index (Phi) is 6.19. The fourth-order valence-corrected chi connectivity index (χ4v) is 2.88. The quantitative estimate of drug-likeness (QED) is 0.841. The third kappa shape index (κ3) is 5.16. The van der Waals surface area contributed by atoms with Gasteiger partial charge in [-0.1, -0.05) is 18.2 Å². The van der Waals surface area contributed by atoms with Gasteiger partial charge in [-0.15, -0.1) is 10.2 Å². The SMILES string of the molecule is CCOC(=O)N1CCC(Nc2ccc(C(=O)Nc3ccccc3)nn2)CC1. The van der Waals surface area contributed by atoms with Gasteiger partial charge in [0.15, 0.2) is 5.69 Å². The van der Waals surface area contributed by atoms with Crippen LogP contribution in [0.2, 0.25) is 0 Å². The van der Waals surface area contributed by atoms with E-state index in [2.05, 4.69) is 20.8 Å². The lowest BCUT2D eigenvalue weighted by Crippen LogP contribution is -2.42. The van der Waals surface area contributed by atoms with Gasteiger partial charge in [0.25, 0.3) is 5.91 Å². The van der Waals surface area contributed by atoms with Crippen LogP contribution in [-0.2, 0) is 4.74 Å². The molecule has 142 valence electrons. The molecule has 1 saturated heterocycles. The van der Waals surface area contributed by atoms with E-state index in [1.165, 1.54) is 0 Å². The van der Waals surface area contributed by atoms with Crippen molar-refractivity contribution in [2.24, 2.45) is 0 Å². The van der Waals surface area contributed by atoms with Gasteiger partial charge in [-0.3, -0.25) is 4.79 Å². The molecule has 0 atom stereocenters. The molecular weight excluding hydrogens is 346 g/mol. The average Bonchev–Trinajstić information content (AvgIpc) is 2.70. The molecule has 3 rings (SSSR count). The highest BCUT2D eigenvalue weighted by Crippen LogP contribution is 2.16. The highest BCUT2D eigenvalue weighted by molar-refractivity contribution is 6.02. The summed E-state index contributed by atoms with van der Waals surface area (Å²) in [6.45, 7) is 3.47. The summed E-state index contributed by atoms with van der Waals surface area (Å²) in [5, 5.41) is 14.2. The fourth-order valence-electron chi connectivity index (χ4n) is 2.88. The highest BCUT2D eigenvalue weighted by atomic mass is 16.6. The zero-order valence-electron chi connectivity index (χ0n) is 15.2. The standard InChI is InChI=1S/C19H23N5O3/c1-2-27-19(26)24-12-10-15(11-13-24)20-17-9-8-16(22-23-17)18(25)21-14-6-4-3-5-7-14/h3-9,15H,2,10-13H2,1H3,(H,20,23)(H,21,25).